The molecular formula is C46H60ClN7O9S. The summed E-state index contributed by atoms with van der Waals surface area (Å²) < 4.78 is 24.5. The number of carbonyl (C=O) groups excluding carboxylic acids is 3. The molecule has 10 rings (SSSR count). The van der Waals surface area contributed by atoms with Crippen LogP contribution in [0.3, 0.4) is 0 Å². The van der Waals surface area contributed by atoms with Crippen molar-refractivity contribution in [1.82, 2.24) is 30.4 Å². The third kappa shape index (κ3) is 8.57. The highest BCUT2D eigenvalue weighted by atomic mass is 35.5. The fraction of sp³-hybridized carbons (Fsp3) is 0.652. The van der Waals surface area contributed by atoms with Crippen LogP contribution in [0.5, 0.6) is 11.5 Å². The molecule has 11 atom stereocenters. The Morgan fingerprint density at radius 1 is 1.05 bits per heavy atom. The maximum atomic E-state index is 14.8. The molecule has 3 unspecified atom stereocenters. The predicted molar refractivity (Wildman–Crippen MR) is 241 cm³/mol. The third-order valence-electron chi connectivity index (χ3n) is 14.3. The van der Waals surface area contributed by atoms with Gasteiger partial charge in [0.2, 0.25) is 11.8 Å². The van der Waals surface area contributed by atoms with E-state index in [0.29, 0.717) is 88.5 Å². The largest absolute Gasteiger partial charge is 0.491 e. The first-order valence-corrected chi connectivity index (χ1v) is 24.0. The summed E-state index contributed by atoms with van der Waals surface area (Å²) >= 11 is 8.58. The lowest BCUT2D eigenvalue weighted by Gasteiger charge is -2.35. The number of anilines is 1. The van der Waals surface area contributed by atoms with E-state index in [4.69, 9.17) is 40.5 Å². The van der Waals surface area contributed by atoms with Gasteiger partial charge in [-0.25, -0.2) is 19.6 Å². The van der Waals surface area contributed by atoms with Crippen LogP contribution in [0.2, 0.25) is 5.02 Å². The lowest BCUT2D eigenvalue weighted by atomic mass is 9.85. The number of carbonyl (C=O) groups is 4. The molecule has 346 valence electrons. The minimum absolute atomic E-state index is 0.0269. The summed E-state index contributed by atoms with van der Waals surface area (Å²) in [5.41, 5.74) is -0.675. The van der Waals surface area contributed by atoms with Gasteiger partial charge in [0.05, 0.1) is 23.9 Å². The summed E-state index contributed by atoms with van der Waals surface area (Å²) in [6.45, 7) is 14.3. The molecule has 7 aliphatic rings. The van der Waals surface area contributed by atoms with Crippen LogP contribution in [0.15, 0.2) is 23.6 Å². The van der Waals surface area contributed by atoms with Crippen LogP contribution in [-0.4, -0.2) is 131 Å². The second kappa shape index (κ2) is 17.1. The van der Waals surface area contributed by atoms with Crippen molar-refractivity contribution in [1.29, 1.82) is 0 Å². The number of alkyl carbamates (subject to hydrolysis) is 1. The number of fused-ring (bicyclic) bond motifs is 2. The number of thiazole rings is 1. The van der Waals surface area contributed by atoms with E-state index < -0.39 is 53.0 Å². The number of likely N-dealkylation sites (tertiary alicyclic amines) is 2. The zero-order valence-electron chi connectivity index (χ0n) is 37.5. The Bertz CT molecular complexity index is 2310. The molecule has 2 aliphatic heterocycles. The van der Waals surface area contributed by atoms with Gasteiger partial charge >= 0.3 is 12.1 Å². The summed E-state index contributed by atoms with van der Waals surface area (Å²) in [6.07, 6.45) is 1.42. The van der Waals surface area contributed by atoms with Crippen molar-refractivity contribution in [2.45, 2.75) is 116 Å². The number of hydrogen-bond acceptors (Lipinski definition) is 13. The Labute approximate surface area is 382 Å². The molecule has 4 N–H and O–H groups in total. The molecule has 16 nitrogen and oxygen atoms in total. The molecule has 2 bridgehead atoms. The molecule has 0 spiro atoms. The first kappa shape index (κ1) is 44.7. The molecule has 4 heterocycles. The molecule has 5 aliphatic carbocycles. The van der Waals surface area contributed by atoms with E-state index >= 15 is 0 Å². The topological polar surface area (TPSA) is 194 Å². The number of ether oxygens (including phenoxy) is 4. The van der Waals surface area contributed by atoms with E-state index in [-0.39, 0.29) is 37.1 Å². The quantitative estimate of drug-likeness (QED) is 0.122. The maximum absolute atomic E-state index is 14.8. The molecule has 3 aromatic rings. The summed E-state index contributed by atoms with van der Waals surface area (Å²) in [4.78, 5) is 68.7. The van der Waals surface area contributed by atoms with Gasteiger partial charge < -0.3 is 44.9 Å². The average molecular weight is 923 g/mol. The molecule has 64 heavy (non-hydrogen) atoms. The molecule has 5 saturated carbocycles. The van der Waals surface area contributed by atoms with Gasteiger partial charge in [-0.15, -0.1) is 11.3 Å². The van der Waals surface area contributed by atoms with Crippen LogP contribution in [0.25, 0.3) is 22.3 Å². The Hall–Kier alpha value is -4.45. The van der Waals surface area contributed by atoms with Crippen molar-refractivity contribution in [2.24, 2.45) is 35.0 Å². The second-order valence-corrected chi connectivity index (χ2v) is 21.2. The number of aliphatic carboxylic acids is 1. The number of hydrogen-bond donors (Lipinski definition) is 4. The number of amides is 3. The van der Waals surface area contributed by atoms with Crippen LogP contribution in [0.1, 0.15) is 73.6 Å². The van der Waals surface area contributed by atoms with Crippen LogP contribution in [-0.2, 0) is 23.9 Å². The molecule has 2 saturated heterocycles. The van der Waals surface area contributed by atoms with Crippen LogP contribution >= 0.6 is 22.9 Å². The van der Waals surface area contributed by atoms with E-state index in [1.54, 1.807) is 19.2 Å². The fourth-order valence-electron chi connectivity index (χ4n) is 10.6. The first-order chi connectivity index (χ1) is 30.5. The van der Waals surface area contributed by atoms with Crippen molar-refractivity contribution in [3.8, 4) is 22.9 Å². The molecule has 0 radical (unpaired) electrons. The molecule has 2 aromatic heterocycles. The summed E-state index contributed by atoms with van der Waals surface area (Å²) in [6, 6.07) is 3.40. The van der Waals surface area contributed by atoms with Crippen molar-refractivity contribution >= 4 is 62.8 Å². The number of benzene rings is 1. The van der Waals surface area contributed by atoms with Gasteiger partial charge in [0, 0.05) is 62.0 Å². The number of nitrogens with one attached hydrogen (secondary N) is 3. The minimum atomic E-state index is -1.42. The highest BCUT2D eigenvalue weighted by Gasteiger charge is 2.81. The van der Waals surface area contributed by atoms with E-state index in [1.807, 2.05) is 53.0 Å². The normalized spacial score (nSPS) is 30.5. The van der Waals surface area contributed by atoms with Gasteiger partial charge in [0.15, 0.2) is 5.13 Å². The van der Waals surface area contributed by atoms with Gasteiger partial charge in [-0.1, -0.05) is 45.7 Å². The maximum Gasteiger partial charge on any atom is 0.408 e. The Morgan fingerprint density at radius 2 is 1.83 bits per heavy atom. The first-order valence-electron chi connectivity index (χ1n) is 22.7. The highest BCUT2D eigenvalue weighted by Crippen LogP contribution is 2.82. The van der Waals surface area contributed by atoms with Gasteiger partial charge in [-0.05, 0) is 74.3 Å². The van der Waals surface area contributed by atoms with Crippen molar-refractivity contribution in [2.75, 3.05) is 45.2 Å². The fourth-order valence-corrected chi connectivity index (χ4v) is 11.7. The lowest BCUT2D eigenvalue weighted by molar-refractivity contribution is -0.146. The zero-order chi connectivity index (χ0) is 45.4. The zero-order valence-corrected chi connectivity index (χ0v) is 39.1. The van der Waals surface area contributed by atoms with E-state index in [9.17, 15) is 24.3 Å². The molecule has 18 heteroatoms. The van der Waals surface area contributed by atoms with E-state index in [2.05, 4.69) is 20.9 Å². The van der Waals surface area contributed by atoms with E-state index in [1.165, 1.54) is 16.2 Å². The highest BCUT2D eigenvalue weighted by molar-refractivity contribution is 7.14. The monoisotopic (exact) mass is 921 g/mol. The van der Waals surface area contributed by atoms with Crippen molar-refractivity contribution in [3.05, 3.63) is 28.6 Å². The van der Waals surface area contributed by atoms with Crippen LogP contribution in [0.4, 0.5) is 9.93 Å². The number of aromatic nitrogens is 2. The molecular weight excluding hydrogens is 862 g/mol. The average Bonchev–Trinajstić information content (AvgIpc) is 3.98. The number of methoxy groups -OCH3 is 1. The summed E-state index contributed by atoms with van der Waals surface area (Å²) in [5.74, 6) is 0.890. The number of nitrogens with zero attached hydrogens (tertiary/aromatic N) is 4. The number of pyridine rings is 1. The summed E-state index contributed by atoms with van der Waals surface area (Å²) in [7, 11) is 1.73. The number of rotatable bonds is 17. The van der Waals surface area contributed by atoms with Crippen molar-refractivity contribution in [3.63, 3.8) is 0 Å². The number of carboxylic acid groups (broad SMARTS) is 1. The van der Waals surface area contributed by atoms with Crippen LogP contribution < -0.4 is 25.4 Å². The predicted octanol–water partition coefficient (Wildman–Crippen LogP) is 6.05. The Morgan fingerprint density at radius 3 is 2.47 bits per heavy atom. The second-order valence-electron chi connectivity index (χ2n) is 20.0. The minimum Gasteiger partial charge on any atom is -0.491 e. The number of carboxylic acids is 1. The summed E-state index contributed by atoms with van der Waals surface area (Å²) in [5, 5.41) is 22.8. The Kier molecular flexibility index (Phi) is 11.9. The molecule has 7 fully saturated rings. The van der Waals surface area contributed by atoms with Crippen LogP contribution in [0, 0.1) is 35.0 Å². The van der Waals surface area contributed by atoms with E-state index in [0.717, 1.165) is 31.1 Å². The Balaban J connectivity index is 1.00. The lowest BCUT2D eigenvalue weighted by Crippen LogP contribution is -2.59. The smallest absolute Gasteiger partial charge is 0.408 e. The number of halogens is 1. The van der Waals surface area contributed by atoms with Gasteiger partial charge in [-0.3, -0.25) is 14.5 Å². The SMILES string of the molecule is CC[C@@H]1C[C@]1(NC(=O)[C@@H]1C[C@@H](Oc2cc(-c3csc(NC(C)C)n3)nc3c(Cl)c(OCCN4CC[C@@H](OC)C4)ccc23)CN1C(=O)[C@@H](NC(=O)O[C@@H]1CC2C3C1[C@H]23)C(C)(C)C)C(=O)O. The van der Waals surface area contributed by atoms with Gasteiger partial charge in [0.1, 0.15) is 58.7 Å². The molecule has 3 amide bonds. The third-order valence-corrected chi connectivity index (χ3v) is 15.5. The standard InChI is InChI=1S/C46H60ClN7O9S/c1-8-23-18-46(23,42(57)58)52-40(55)30-15-25(20-54(30)41(56)39(45(4,5)6)51-44(59)63-33-16-27-34-35(27)36(33)34)62-32-17-28(29-21-64-43(50-29)48-22(2)3)49-38-26(32)9-10-31(37(38)47)61-14-13-53-12-11-24(19-53)60-7/h9-10,17,21-25,27,30,33-36,39H,8,11-16,18-20H2,1-7H3,(H,48,50)(H,51,59)(H,52,55)(H,57,58)/t23-,24-,25-,27?,30+,33-,34-,35?,36?,39-,46-/m1/s1. The van der Waals surface area contributed by atoms with Gasteiger partial charge in [-0.2, -0.15) is 0 Å². The molecule has 1 aromatic carbocycles. The van der Waals surface area contributed by atoms with Crippen molar-refractivity contribution < 1.29 is 43.2 Å². The van der Waals surface area contributed by atoms with Gasteiger partial charge in [0.25, 0.3) is 0 Å².